The second-order valence-electron chi connectivity index (χ2n) is 4.79. The molecular formula is C13H18BrN3O2. The van der Waals surface area contributed by atoms with Crippen molar-refractivity contribution < 1.29 is 5.11 Å². The molecule has 0 saturated heterocycles. The van der Waals surface area contributed by atoms with Crippen molar-refractivity contribution in [3.8, 4) is 0 Å². The van der Waals surface area contributed by atoms with Gasteiger partial charge in [0.1, 0.15) is 4.47 Å². The number of hydrogen-bond acceptors (Lipinski definition) is 4. The Kier molecular flexibility index (Phi) is 4.76. The maximum atomic E-state index is 12.0. The molecule has 1 aromatic rings. The van der Waals surface area contributed by atoms with Crippen LogP contribution in [-0.2, 0) is 6.54 Å². The van der Waals surface area contributed by atoms with Gasteiger partial charge < -0.3 is 10.4 Å². The molecule has 2 N–H and O–H groups in total. The zero-order valence-corrected chi connectivity index (χ0v) is 12.3. The zero-order valence-electron chi connectivity index (χ0n) is 10.7. The standard InChI is InChI=1S/C13H18BrN3O2/c1-2-6-17-13(19)12(14)10(8-16-17)15-7-9-4-3-5-11(9)18/h2,8-9,11,15,18H,1,3-7H2. The number of allylic oxidation sites excluding steroid dienone is 1. The Labute approximate surface area is 120 Å². The molecule has 1 fully saturated rings. The van der Waals surface area contributed by atoms with Crippen molar-refractivity contribution in [2.24, 2.45) is 5.92 Å². The molecule has 2 atom stereocenters. The molecule has 1 saturated carbocycles. The molecular weight excluding hydrogens is 310 g/mol. The fourth-order valence-electron chi connectivity index (χ4n) is 2.34. The predicted octanol–water partition coefficient (Wildman–Crippen LogP) is 1.76. The molecule has 6 heteroatoms. The van der Waals surface area contributed by atoms with Crippen LogP contribution < -0.4 is 10.9 Å². The average Bonchev–Trinajstić information content (AvgIpc) is 2.80. The maximum Gasteiger partial charge on any atom is 0.283 e. The lowest BCUT2D eigenvalue weighted by Gasteiger charge is -2.16. The van der Waals surface area contributed by atoms with Crippen LogP contribution in [0.5, 0.6) is 0 Å². The number of halogens is 1. The van der Waals surface area contributed by atoms with Crippen molar-refractivity contribution in [2.45, 2.75) is 31.9 Å². The van der Waals surface area contributed by atoms with E-state index in [1.807, 2.05) is 0 Å². The van der Waals surface area contributed by atoms with Crippen LogP contribution in [0, 0.1) is 5.92 Å². The largest absolute Gasteiger partial charge is 0.393 e. The highest BCUT2D eigenvalue weighted by atomic mass is 79.9. The Bertz CT molecular complexity index is 515. The number of anilines is 1. The molecule has 1 aliphatic carbocycles. The van der Waals surface area contributed by atoms with Crippen LogP contribution in [0.15, 0.2) is 28.1 Å². The molecule has 104 valence electrons. The lowest BCUT2D eigenvalue weighted by Crippen LogP contribution is -2.26. The summed E-state index contributed by atoms with van der Waals surface area (Å²) in [6, 6.07) is 0. The minimum Gasteiger partial charge on any atom is -0.393 e. The van der Waals surface area contributed by atoms with Crippen LogP contribution in [0.1, 0.15) is 19.3 Å². The minimum absolute atomic E-state index is 0.183. The number of nitrogens with one attached hydrogen (secondary N) is 1. The van der Waals surface area contributed by atoms with E-state index >= 15 is 0 Å². The lowest BCUT2D eigenvalue weighted by molar-refractivity contribution is 0.138. The van der Waals surface area contributed by atoms with Gasteiger partial charge in [-0.05, 0) is 28.8 Å². The van der Waals surface area contributed by atoms with E-state index in [2.05, 4.69) is 32.9 Å². The topological polar surface area (TPSA) is 67.2 Å². The Balaban J connectivity index is 2.06. The minimum atomic E-state index is -0.236. The van der Waals surface area contributed by atoms with E-state index < -0.39 is 0 Å². The monoisotopic (exact) mass is 327 g/mol. The summed E-state index contributed by atoms with van der Waals surface area (Å²) >= 11 is 3.29. The van der Waals surface area contributed by atoms with Gasteiger partial charge in [0.15, 0.2) is 0 Å². The highest BCUT2D eigenvalue weighted by Gasteiger charge is 2.25. The van der Waals surface area contributed by atoms with Gasteiger partial charge in [-0.2, -0.15) is 5.10 Å². The second-order valence-corrected chi connectivity index (χ2v) is 5.58. The van der Waals surface area contributed by atoms with Gasteiger partial charge in [-0.25, -0.2) is 4.68 Å². The first-order chi connectivity index (χ1) is 9.13. The fourth-order valence-corrected chi connectivity index (χ4v) is 2.78. The van der Waals surface area contributed by atoms with E-state index in [0.29, 0.717) is 23.2 Å². The summed E-state index contributed by atoms with van der Waals surface area (Å²) < 4.78 is 1.81. The highest BCUT2D eigenvalue weighted by molar-refractivity contribution is 9.10. The van der Waals surface area contributed by atoms with Gasteiger partial charge in [0.25, 0.3) is 5.56 Å². The first-order valence-electron chi connectivity index (χ1n) is 6.42. The third kappa shape index (κ3) is 3.25. The Hall–Kier alpha value is -1.14. The maximum absolute atomic E-state index is 12.0. The van der Waals surface area contributed by atoms with Crippen LogP contribution >= 0.6 is 15.9 Å². The number of aliphatic hydroxyl groups is 1. The summed E-state index contributed by atoms with van der Waals surface area (Å²) in [5.74, 6) is 0.252. The van der Waals surface area contributed by atoms with Gasteiger partial charge in [0, 0.05) is 12.5 Å². The SMILES string of the molecule is C=CCn1ncc(NCC2CCCC2O)c(Br)c1=O. The molecule has 0 aromatic carbocycles. The summed E-state index contributed by atoms with van der Waals surface area (Å²) in [6.45, 7) is 4.63. The van der Waals surface area contributed by atoms with Crippen molar-refractivity contribution in [1.82, 2.24) is 9.78 Å². The number of rotatable bonds is 5. The van der Waals surface area contributed by atoms with Crippen LogP contribution in [-0.4, -0.2) is 27.5 Å². The van der Waals surface area contributed by atoms with E-state index in [4.69, 9.17) is 0 Å². The molecule has 0 spiro atoms. The Morgan fingerprint density at radius 2 is 2.42 bits per heavy atom. The predicted molar refractivity (Wildman–Crippen MR) is 78.2 cm³/mol. The number of hydrogen-bond donors (Lipinski definition) is 2. The lowest BCUT2D eigenvalue weighted by atomic mass is 10.1. The van der Waals surface area contributed by atoms with Crippen molar-refractivity contribution in [3.63, 3.8) is 0 Å². The van der Waals surface area contributed by atoms with Gasteiger partial charge in [-0.15, -0.1) is 6.58 Å². The van der Waals surface area contributed by atoms with Crippen LogP contribution in [0.4, 0.5) is 5.69 Å². The van der Waals surface area contributed by atoms with Gasteiger partial charge in [-0.1, -0.05) is 12.5 Å². The Morgan fingerprint density at radius 1 is 1.63 bits per heavy atom. The summed E-state index contributed by atoms with van der Waals surface area (Å²) in [6.07, 6.45) is 5.97. The van der Waals surface area contributed by atoms with Crippen molar-refractivity contribution >= 4 is 21.6 Å². The molecule has 5 nitrogen and oxygen atoms in total. The average molecular weight is 328 g/mol. The molecule has 1 heterocycles. The molecule has 0 amide bonds. The molecule has 0 radical (unpaired) electrons. The zero-order chi connectivity index (χ0) is 13.8. The highest BCUT2D eigenvalue weighted by Crippen LogP contribution is 2.26. The number of nitrogens with zero attached hydrogens (tertiary/aromatic N) is 2. The van der Waals surface area contributed by atoms with Crippen LogP contribution in [0.25, 0.3) is 0 Å². The third-order valence-corrected chi connectivity index (χ3v) is 4.23. The molecule has 0 bridgehead atoms. The van der Waals surface area contributed by atoms with Crippen LogP contribution in [0.2, 0.25) is 0 Å². The quantitative estimate of drug-likeness (QED) is 0.809. The first-order valence-corrected chi connectivity index (χ1v) is 7.21. The van der Waals surface area contributed by atoms with Gasteiger partial charge >= 0.3 is 0 Å². The summed E-state index contributed by atoms with van der Waals surface area (Å²) in [7, 11) is 0. The van der Waals surface area contributed by atoms with E-state index in [9.17, 15) is 9.90 Å². The summed E-state index contributed by atoms with van der Waals surface area (Å²) in [5, 5.41) is 17.0. The molecule has 2 unspecified atom stereocenters. The van der Waals surface area contributed by atoms with E-state index in [0.717, 1.165) is 19.3 Å². The molecule has 1 aliphatic rings. The van der Waals surface area contributed by atoms with Crippen molar-refractivity contribution in [1.29, 1.82) is 0 Å². The first kappa shape index (κ1) is 14.3. The van der Waals surface area contributed by atoms with Crippen molar-refractivity contribution in [3.05, 3.63) is 33.7 Å². The molecule has 19 heavy (non-hydrogen) atoms. The molecule has 0 aliphatic heterocycles. The van der Waals surface area contributed by atoms with Crippen LogP contribution in [0.3, 0.4) is 0 Å². The normalized spacial score (nSPS) is 22.4. The van der Waals surface area contributed by atoms with E-state index in [1.54, 1.807) is 12.3 Å². The van der Waals surface area contributed by atoms with Gasteiger partial charge in [0.05, 0.1) is 24.5 Å². The van der Waals surface area contributed by atoms with E-state index in [1.165, 1.54) is 4.68 Å². The molecule has 2 rings (SSSR count). The van der Waals surface area contributed by atoms with Crippen molar-refractivity contribution in [2.75, 3.05) is 11.9 Å². The Morgan fingerprint density at radius 3 is 3.05 bits per heavy atom. The van der Waals surface area contributed by atoms with Gasteiger partial charge in [-0.3, -0.25) is 4.79 Å². The summed E-state index contributed by atoms with van der Waals surface area (Å²) in [4.78, 5) is 12.0. The van der Waals surface area contributed by atoms with Gasteiger partial charge in [0.2, 0.25) is 0 Å². The fraction of sp³-hybridized carbons (Fsp3) is 0.538. The number of aliphatic hydroxyl groups excluding tert-OH is 1. The summed E-state index contributed by atoms with van der Waals surface area (Å²) in [5.41, 5.74) is 0.487. The molecule has 1 aromatic heterocycles. The third-order valence-electron chi connectivity index (χ3n) is 3.46. The second kappa shape index (κ2) is 6.34. The number of aromatic nitrogens is 2. The smallest absolute Gasteiger partial charge is 0.283 e. The van der Waals surface area contributed by atoms with E-state index in [-0.39, 0.29) is 17.6 Å².